The second-order valence-electron chi connectivity index (χ2n) is 6.14. The van der Waals surface area contributed by atoms with Crippen LogP contribution in [-0.4, -0.2) is 28.8 Å². The Labute approximate surface area is 122 Å². The van der Waals surface area contributed by atoms with Crippen molar-refractivity contribution in [2.45, 2.75) is 51.6 Å². The summed E-state index contributed by atoms with van der Waals surface area (Å²) in [7, 11) is 0. The minimum Gasteiger partial charge on any atom is -0.388 e. The van der Waals surface area contributed by atoms with Crippen LogP contribution in [-0.2, 0) is 0 Å². The molecule has 1 heterocycles. The highest BCUT2D eigenvalue weighted by molar-refractivity contribution is 5.52. The predicted octanol–water partition coefficient (Wildman–Crippen LogP) is 3.26. The first-order chi connectivity index (χ1) is 9.61. The van der Waals surface area contributed by atoms with Crippen LogP contribution in [0.3, 0.4) is 0 Å². The Morgan fingerprint density at radius 1 is 1.45 bits per heavy atom. The summed E-state index contributed by atoms with van der Waals surface area (Å²) in [6, 6.07) is 3.96. The Bertz CT molecular complexity index is 424. The second kappa shape index (κ2) is 6.93. The van der Waals surface area contributed by atoms with Gasteiger partial charge in [-0.05, 0) is 31.2 Å². The maximum atomic E-state index is 10.6. The van der Waals surface area contributed by atoms with Gasteiger partial charge in [0.15, 0.2) is 0 Å². The van der Waals surface area contributed by atoms with Crippen LogP contribution >= 0.6 is 0 Å². The first kappa shape index (κ1) is 15.1. The Balaban J connectivity index is 1.89. The molecule has 1 aliphatic carbocycles. The number of hydrogen-bond donors (Lipinski definition) is 3. The van der Waals surface area contributed by atoms with Gasteiger partial charge in [-0.1, -0.05) is 26.7 Å². The number of aromatic nitrogens is 1. The zero-order valence-corrected chi connectivity index (χ0v) is 12.7. The molecule has 20 heavy (non-hydrogen) atoms. The molecule has 1 fully saturated rings. The lowest BCUT2D eigenvalue weighted by atomic mass is 9.79. The van der Waals surface area contributed by atoms with E-state index in [9.17, 15) is 5.11 Å². The van der Waals surface area contributed by atoms with Crippen molar-refractivity contribution in [3.63, 3.8) is 0 Å². The standard InChI is InChI=1S/C16H27N3O/c1-3-8-17-15-10-14(6-9-18-15)19-12-16(20)7-4-5-13(2)11-16/h6,9-10,13,20H,3-5,7-8,11-12H2,1-2H3,(H2,17,18,19). The predicted molar refractivity (Wildman–Crippen MR) is 84.1 cm³/mol. The lowest BCUT2D eigenvalue weighted by molar-refractivity contribution is -0.000762. The molecule has 2 atom stereocenters. The number of rotatable bonds is 6. The molecule has 1 saturated carbocycles. The van der Waals surface area contributed by atoms with E-state index in [1.54, 1.807) is 6.20 Å². The van der Waals surface area contributed by atoms with Crippen LogP contribution in [0, 0.1) is 5.92 Å². The fraction of sp³-hybridized carbons (Fsp3) is 0.688. The highest BCUT2D eigenvalue weighted by Gasteiger charge is 2.32. The third-order valence-corrected chi connectivity index (χ3v) is 4.01. The monoisotopic (exact) mass is 277 g/mol. The van der Waals surface area contributed by atoms with E-state index in [2.05, 4.69) is 29.5 Å². The lowest BCUT2D eigenvalue weighted by Crippen LogP contribution is -2.41. The molecule has 0 bridgehead atoms. The molecule has 4 nitrogen and oxygen atoms in total. The molecule has 2 rings (SSSR count). The third-order valence-electron chi connectivity index (χ3n) is 4.01. The second-order valence-corrected chi connectivity index (χ2v) is 6.14. The number of aliphatic hydroxyl groups is 1. The largest absolute Gasteiger partial charge is 0.388 e. The minimum absolute atomic E-state index is 0.558. The molecule has 0 radical (unpaired) electrons. The van der Waals surface area contributed by atoms with E-state index in [1.165, 1.54) is 6.42 Å². The topological polar surface area (TPSA) is 57.2 Å². The van der Waals surface area contributed by atoms with Crippen molar-refractivity contribution in [1.29, 1.82) is 0 Å². The SMILES string of the molecule is CCCNc1cc(NCC2(O)CCCC(C)C2)ccn1. The van der Waals surface area contributed by atoms with Crippen molar-refractivity contribution < 1.29 is 5.11 Å². The van der Waals surface area contributed by atoms with Gasteiger partial charge in [0.2, 0.25) is 0 Å². The van der Waals surface area contributed by atoms with E-state index >= 15 is 0 Å². The van der Waals surface area contributed by atoms with Gasteiger partial charge in [0.05, 0.1) is 5.60 Å². The van der Waals surface area contributed by atoms with Gasteiger partial charge in [0.1, 0.15) is 5.82 Å². The van der Waals surface area contributed by atoms with Crippen LogP contribution in [0.4, 0.5) is 11.5 Å². The average Bonchev–Trinajstić information content (AvgIpc) is 2.43. The van der Waals surface area contributed by atoms with Crippen molar-refractivity contribution in [3.05, 3.63) is 18.3 Å². The Morgan fingerprint density at radius 2 is 2.30 bits per heavy atom. The summed E-state index contributed by atoms with van der Waals surface area (Å²) in [5.41, 5.74) is 0.461. The maximum Gasteiger partial charge on any atom is 0.127 e. The molecule has 0 amide bonds. The Hall–Kier alpha value is -1.29. The lowest BCUT2D eigenvalue weighted by Gasteiger charge is -2.35. The fourth-order valence-corrected chi connectivity index (χ4v) is 2.95. The third kappa shape index (κ3) is 4.37. The van der Waals surface area contributed by atoms with Crippen LogP contribution in [0.1, 0.15) is 46.0 Å². The van der Waals surface area contributed by atoms with Crippen LogP contribution in [0.15, 0.2) is 18.3 Å². The van der Waals surface area contributed by atoms with E-state index in [0.717, 1.165) is 43.7 Å². The van der Waals surface area contributed by atoms with Gasteiger partial charge in [-0.3, -0.25) is 0 Å². The van der Waals surface area contributed by atoms with E-state index < -0.39 is 5.60 Å². The molecule has 3 N–H and O–H groups in total. The van der Waals surface area contributed by atoms with Gasteiger partial charge >= 0.3 is 0 Å². The fourth-order valence-electron chi connectivity index (χ4n) is 2.95. The van der Waals surface area contributed by atoms with Crippen LogP contribution in [0.2, 0.25) is 0 Å². The molecule has 0 spiro atoms. The van der Waals surface area contributed by atoms with Gasteiger partial charge < -0.3 is 15.7 Å². The quantitative estimate of drug-likeness (QED) is 0.747. The highest BCUT2D eigenvalue weighted by atomic mass is 16.3. The van der Waals surface area contributed by atoms with E-state index in [-0.39, 0.29) is 0 Å². The zero-order valence-electron chi connectivity index (χ0n) is 12.7. The molecule has 0 saturated heterocycles. The van der Waals surface area contributed by atoms with Crippen LogP contribution < -0.4 is 10.6 Å². The molecule has 1 aromatic rings. The van der Waals surface area contributed by atoms with Gasteiger partial charge in [-0.25, -0.2) is 4.98 Å². The Kier molecular flexibility index (Phi) is 5.24. The summed E-state index contributed by atoms with van der Waals surface area (Å²) in [6.45, 7) is 5.91. The Morgan fingerprint density at radius 3 is 3.05 bits per heavy atom. The molecule has 0 aliphatic heterocycles. The van der Waals surface area contributed by atoms with Crippen molar-refractivity contribution in [2.24, 2.45) is 5.92 Å². The van der Waals surface area contributed by atoms with Crippen molar-refractivity contribution >= 4 is 11.5 Å². The van der Waals surface area contributed by atoms with E-state index in [0.29, 0.717) is 12.5 Å². The molecule has 4 heteroatoms. The van der Waals surface area contributed by atoms with Gasteiger partial charge in [-0.15, -0.1) is 0 Å². The van der Waals surface area contributed by atoms with E-state index in [1.807, 2.05) is 12.1 Å². The number of nitrogens with zero attached hydrogens (tertiary/aromatic N) is 1. The molecule has 1 aromatic heterocycles. The molecule has 112 valence electrons. The van der Waals surface area contributed by atoms with Crippen molar-refractivity contribution in [1.82, 2.24) is 4.98 Å². The summed E-state index contributed by atoms with van der Waals surface area (Å²) >= 11 is 0. The summed E-state index contributed by atoms with van der Waals surface area (Å²) in [6.07, 6.45) is 7.04. The van der Waals surface area contributed by atoms with Gasteiger partial charge in [0, 0.05) is 31.0 Å². The summed E-state index contributed by atoms with van der Waals surface area (Å²) in [4.78, 5) is 4.29. The zero-order chi connectivity index (χ0) is 14.4. The van der Waals surface area contributed by atoms with E-state index in [4.69, 9.17) is 0 Å². The van der Waals surface area contributed by atoms with Crippen molar-refractivity contribution in [3.8, 4) is 0 Å². The molecule has 0 aromatic carbocycles. The number of hydrogen-bond acceptors (Lipinski definition) is 4. The highest BCUT2D eigenvalue weighted by Crippen LogP contribution is 2.32. The summed E-state index contributed by atoms with van der Waals surface area (Å²) in [5.74, 6) is 1.51. The summed E-state index contributed by atoms with van der Waals surface area (Å²) < 4.78 is 0. The molecule has 1 aliphatic rings. The number of pyridine rings is 1. The number of nitrogens with one attached hydrogen (secondary N) is 2. The first-order valence-corrected chi connectivity index (χ1v) is 7.77. The van der Waals surface area contributed by atoms with Gasteiger partial charge in [0.25, 0.3) is 0 Å². The molecular weight excluding hydrogens is 250 g/mol. The van der Waals surface area contributed by atoms with Crippen LogP contribution in [0.5, 0.6) is 0 Å². The maximum absolute atomic E-state index is 10.6. The molecule has 2 unspecified atom stereocenters. The molecular formula is C16H27N3O. The summed E-state index contributed by atoms with van der Waals surface area (Å²) in [5, 5.41) is 17.3. The van der Waals surface area contributed by atoms with Crippen molar-refractivity contribution in [2.75, 3.05) is 23.7 Å². The minimum atomic E-state index is -0.558. The normalized spacial score (nSPS) is 26.2. The average molecular weight is 277 g/mol. The van der Waals surface area contributed by atoms with Crippen LogP contribution in [0.25, 0.3) is 0 Å². The smallest absolute Gasteiger partial charge is 0.127 e. The number of anilines is 2. The van der Waals surface area contributed by atoms with Gasteiger partial charge in [-0.2, -0.15) is 0 Å². The first-order valence-electron chi connectivity index (χ1n) is 7.77.